The summed E-state index contributed by atoms with van der Waals surface area (Å²) in [5.41, 5.74) is 5.28. The third kappa shape index (κ3) is 2.91. The molecule has 0 unspecified atom stereocenters. The first-order chi connectivity index (χ1) is 8.91. The molecule has 0 bridgehead atoms. The van der Waals surface area contributed by atoms with Gasteiger partial charge in [-0.15, -0.1) is 0 Å². The molecule has 2 heterocycles. The number of ether oxygens (including phenoxy) is 1. The molecule has 0 saturated carbocycles. The lowest BCUT2D eigenvalue weighted by Gasteiger charge is -2.13. The maximum absolute atomic E-state index is 11.1. The summed E-state index contributed by atoms with van der Waals surface area (Å²) in [4.78, 5) is 0. The summed E-state index contributed by atoms with van der Waals surface area (Å²) in [5.74, 6) is -0.394. The number of hydrogen-bond acceptors (Lipinski definition) is 8. The second kappa shape index (κ2) is 4.99. The fourth-order valence-corrected chi connectivity index (χ4v) is 2.38. The molecule has 11 nitrogen and oxygen atoms in total. The minimum atomic E-state index is -3.74. The Morgan fingerprint density at radius 3 is 2.89 bits per heavy atom. The highest BCUT2D eigenvalue weighted by atomic mass is 32.2. The first-order valence-electron chi connectivity index (χ1n) is 5.17. The Hall–Kier alpha value is -1.92. The lowest BCUT2D eigenvalue weighted by atomic mass is 10.3. The molecule has 1 atom stereocenters. The van der Waals surface area contributed by atoms with Crippen molar-refractivity contribution in [2.45, 2.75) is 12.5 Å². The van der Waals surface area contributed by atoms with Crippen molar-refractivity contribution in [1.82, 2.24) is 14.6 Å². The first-order valence-corrected chi connectivity index (χ1v) is 6.67. The fourth-order valence-electron chi connectivity index (χ4n) is 1.64. The van der Waals surface area contributed by atoms with E-state index in [0.717, 1.165) is 4.31 Å². The lowest BCUT2D eigenvalue weighted by molar-refractivity contribution is 0.190. The van der Waals surface area contributed by atoms with Gasteiger partial charge in [-0.3, -0.25) is 0 Å². The predicted molar refractivity (Wildman–Crippen MR) is 60.5 cm³/mol. The number of amidine groups is 1. The van der Waals surface area contributed by atoms with Crippen molar-refractivity contribution in [3.63, 3.8) is 0 Å². The van der Waals surface area contributed by atoms with Crippen LogP contribution < -0.4 is 15.6 Å². The average molecular weight is 292 g/mol. The zero-order chi connectivity index (χ0) is 14.0. The van der Waals surface area contributed by atoms with E-state index in [1.807, 2.05) is 0 Å². The molecule has 1 aliphatic rings. The van der Waals surface area contributed by atoms with Gasteiger partial charge in [0.15, 0.2) is 5.84 Å². The number of aromatic nitrogens is 2. The van der Waals surface area contributed by atoms with Crippen molar-refractivity contribution in [2.24, 2.45) is 16.0 Å². The van der Waals surface area contributed by atoms with E-state index in [2.05, 4.69) is 20.1 Å². The van der Waals surface area contributed by atoms with Gasteiger partial charge in [0.2, 0.25) is 5.69 Å². The molecule has 2 rings (SSSR count). The smallest absolute Gasteiger partial charge is 0.287 e. The molecule has 106 valence electrons. The van der Waals surface area contributed by atoms with E-state index in [-0.39, 0.29) is 30.5 Å². The number of nitrogens with zero attached hydrogens (tertiary/aromatic N) is 4. The van der Waals surface area contributed by atoms with Gasteiger partial charge in [-0.05, 0) is 16.7 Å². The van der Waals surface area contributed by atoms with Crippen LogP contribution in [0, 0.1) is 0 Å². The van der Waals surface area contributed by atoms with E-state index in [9.17, 15) is 8.42 Å². The van der Waals surface area contributed by atoms with Crippen LogP contribution in [-0.2, 0) is 10.2 Å². The van der Waals surface area contributed by atoms with Crippen molar-refractivity contribution in [3.05, 3.63) is 5.69 Å². The van der Waals surface area contributed by atoms with Crippen LogP contribution in [0.15, 0.2) is 9.78 Å². The van der Waals surface area contributed by atoms with Crippen LogP contribution in [0.4, 0.5) is 0 Å². The Balaban J connectivity index is 2.06. The molecule has 0 spiro atoms. The van der Waals surface area contributed by atoms with Crippen LogP contribution in [0.3, 0.4) is 0 Å². The Bertz CT molecular complexity index is 583. The molecule has 1 fully saturated rings. The second-order valence-electron chi connectivity index (χ2n) is 3.83. The standard InChI is InChI=1S/C7H12N6O5S/c8-6(10-14)5-7(12-18-11-5)17-4-1-2-13(3-4)19(9,15)16/h4,14H,1-3H2,(H2,8,10)(H2,9,15,16)/t4-/m0/s1. The molecular formula is C7H12N6O5S. The van der Waals surface area contributed by atoms with Gasteiger partial charge in [0.1, 0.15) is 6.10 Å². The minimum Gasteiger partial charge on any atom is -0.469 e. The number of nitrogens with two attached hydrogens (primary N) is 2. The van der Waals surface area contributed by atoms with Crippen LogP contribution in [0.1, 0.15) is 12.1 Å². The summed E-state index contributed by atoms with van der Waals surface area (Å²) in [6, 6.07) is 0. The average Bonchev–Trinajstić information content (AvgIpc) is 2.97. The SMILES string of the molecule is NC(=NO)c1nonc1O[C@H]1CCN(S(N)(=O)=O)C1. The highest BCUT2D eigenvalue weighted by Gasteiger charge is 2.32. The summed E-state index contributed by atoms with van der Waals surface area (Å²) in [7, 11) is -3.74. The molecule has 5 N–H and O–H groups in total. The van der Waals surface area contributed by atoms with E-state index >= 15 is 0 Å². The van der Waals surface area contributed by atoms with Gasteiger partial charge in [0.05, 0.1) is 6.54 Å². The summed E-state index contributed by atoms with van der Waals surface area (Å²) in [5, 5.41) is 23.2. The molecule has 0 amide bonds. The van der Waals surface area contributed by atoms with Gasteiger partial charge in [-0.2, -0.15) is 12.7 Å². The quantitative estimate of drug-likeness (QED) is 0.243. The highest BCUT2D eigenvalue weighted by molar-refractivity contribution is 7.86. The van der Waals surface area contributed by atoms with Gasteiger partial charge >= 0.3 is 0 Å². The zero-order valence-electron chi connectivity index (χ0n) is 9.63. The Morgan fingerprint density at radius 2 is 2.32 bits per heavy atom. The van der Waals surface area contributed by atoms with E-state index in [4.69, 9.17) is 20.8 Å². The predicted octanol–water partition coefficient (Wildman–Crippen LogP) is -2.18. The summed E-state index contributed by atoms with van der Waals surface area (Å²) >= 11 is 0. The summed E-state index contributed by atoms with van der Waals surface area (Å²) in [6.07, 6.45) is -0.0331. The summed E-state index contributed by atoms with van der Waals surface area (Å²) < 4.78 is 33.2. The van der Waals surface area contributed by atoms with Gasteiger partial charge < -0.3 is 15.7 Å². The van der Waals surface area contributed by atoms with Crippen LogP contribution in [0.2, 0.25) is 0 Å². The van der Waals surface area contributed by atoms with Crippen molar-refractivity contribution in [2.75, 3.05) is 13.1 Å². The van der Waals surface area contributed by atoms with E-state index < -0.39 is 16.3 Å². The zero-order valence-corrected chi connectivity index (χ0v) is 10.4. The lowest BCUT2D eigenvalue weighted by Crippen LogP contribution is -2.36. The molecule has 1 aromatic heterocycles. The van der Waals surface area contributed by atoms with Crippen molar-refractivity contribution < 1.29 is 23.0 Å². The number of oxime groups is 1. The van der Waals surface area contributed by atoms with E-state index in [1.54, 1.807) is 0 Å². The third-order valence-corrected chi connectivity index (χ3v) is 3.61. The van der Waals surface area contributed by atoms with Crippen LogP contribution in [0.5, 0.6) is 5.88 Å². The van der Waals surface area contributed by atoms with Gasteiger partial charge in [-0.1, -0.05) is 5.16 Å². The first kappa shape index (κ1) is 13.5. The molecule has 1 aliphatic heterocycles. The van der Waals surface area contributed by atoms with Crippen molar-refractivity contribution in [1.29, 1.82) is 0 Å². The third-order valence-electron chi connectivity index (χ3n) is 2.55. The van der Waals surface area contributed by atoms with Crippen molar-refractivity contribution in [3.8, 4) is 5.88 Å². The Morgan fingerprint density at radius 1 is 1.58 bits per heavy atom. The minimum absolute atomic E-state index is 0.0587. The molecule has 0 aromatic carbocycles. The normalized spacial score (nSPS) is 21.7. The molecule has 1 saturated heterocycles. The highest BCUT2D eigenvalue weighted by Crippen LogP contribution is 2.20. The van der Waals surface area contributed by atoms with Gasteiger partial charge in [0.25, 0.3) is 16.1 Å². The van der Waals surface area contributed by atoms with Gasteiger partial charge in [-0.25, -0.2) is 9.77 Å². The Labute approximate surface area is 107 Å². The van der Waals surface area contributed by atoms with E-state index in [1.165, 1.54) is 0 Å². The summed E-state index contributed by atoms with van der Waals surface area (Å²) in [6.45, 7) is 0.328. The number of hydrogen-bond donors (Lipinski definition) is 3. The topological polar surface area (TPSA) is 170 Å². The van der Waals surface area contributed by atoms with Gasteiger partial charge in [0, 0.05) is 6.54 Å². The molecule has 0 aliphatic carbocycles. The Kier molecular flexibility index (Phi) is 3.55. The van der Waals surface area contributed by atoms with Crippen LogP contribution >= 0.6 is 0 Å². The maximum Gasteiger partial charge on any atom is 0.287 e. The number of rotatable bonds is 4. The molecule has 1 aromatic rings. The second-order valence-corrected chi connectivity index (χ2v) is 5.38. The molecular weight excluding hydrogens is 280 g/mol. The van der Waals surface area contributed by atoms with E-state index in [0.29, 0.717) is 6.42 Å². The van der Waals surface area contributed by atoms with Crippen LogP contribution in [0.25, 0.3) is 0 Å². The molecule has 12 heteroatoms. The largest absolute Gasteiger partial charge is 0.469 e. The van der Waals surface area contributed by atoms with Crippen LogP contribution in [-0.4, -0.2) is 53.3 Å². The molecule has 0 radical (unpaired) electrons. The monoisotopic (exact) mass is 292 g/mol. The maximum atomic E-state index is 11.1. The fraction of sp³-hybridized carbons (Fsp3) is 0.571. The molecule has 19 heavy (non-hydrogen) atoms. The van der Waals surface area contributed by atoms with Crippen molar-refractivity contribution >= 4 is 16.0 Å².